The lowest BCUT2D eigenvalue weighted by Crippen LogP contribution is -2.39. The molecule has 10 heteroatoms. The van der Waals surface area contributed by atoms with Crippen LogP contribution in [0.1, 0.15) is 5.56 Å². The van der Waals surface area contributed by atoms with Gasteiger partial charge in [0.1, 0.15) is 18.0 Å². The van der Waals surface area contributed by atoms with E-state index in [2.05, 4.69) is 15.5 Å². The highest BCUT2D eigenvalue weighted by Crippen LogP contribution is 2.35. The second-order valence-corrected chi connectivity index (χ2v) is 8.30. The lowest BCUT2D eigenvalue weighted by atomic mass is 10.2. The normalized spacial score (nSPS) is 11.2. The zero-order chi connectivity index (χ0) is 23.0. The third-order valence-electron chi connectivity index (χ3n) is 4.38. The Bertz CT molecular complexity index is 1190. The molecular formula is C22H22N4O5S. The van der Waals surface area contributed by atoms with Gasteiger partial charge >= 0.3 is 0 Å². The van der Waals surface area contributed by atoms with Crippen molar-refractivity contribution in [3.8, 4) is 11.5 Å². The summed E-state index contributed by atoms with van der Waals surface area (Å²) >= 11 is 0. The molecule has 0 aliphatic heterocycles. The van der Waals surface area contributed by atoms with Gasteiger partial charge in [-0.2, -0.15) is 5.10 Å². The van der Waals surface area contributed by atoms with Crippen molar-refractivity contribution in [3.05, 3.63) is 78.6 Å². The van der Waals surface area contributed by atoms with Crippen LogP contribution in [0.3, 0.4) is 0 Å². The second-order valence-electron chi connectivity index (χ2n) is 6.44. The van der Waals surface area contributed by atoms with Crippen molar-refractivity contribution in [2.75, 3.05) is 25.1 Å². The molecule has 2 aromatic carbocycles. The number of pyridine rings is 1. The van der Waals surface area contributed by atoms with E-state index in [4.69, 9.17) is 9.47 Å². The number of methoxy groups -OCH3 is 2. The van der Waals surface area contributed by atoms with Gasteiger partial charge in [-0.05, 0) is 42.0 Å². The van der Waals surface area contributed by atoms with Gasteiger partial charge in [-0.1, -0.05) is 18.2 Å². The fourth-order valence-electron chi connectivity index (χ4n) is 2.80. The van der Waals surface area contributed by atoms with Gasteiger partial charge in [-0.3, -0.25) is 14.1 Å². The summed E-state index contributed by atoms with van der Waals surface area (Å²) in [5, 5.41) is 3.89. The number of sulfonamides is 1. The summed E-state index contributed by atoms with van der Waals surface area (Å²) in [4.78, 5) is 16.5. The molecule has 0 radical (unpaired) electrons. The number of benzene rings is 2. The summed E-state index contributed by atoms with van der Waals surface area (Å²) < 4.78 is 38.3. The van der Waals surface area contributed by atoms with Crippen LogP contribution in [0.5, 0.6) is 11.5 Å². The molecule has 1 amide bonds. The van der Waals surface area contributed by atoms with E-state index in [1.807, 2.05) is 0 Å². The predicted octanol–water partition coefficient (Wildman–Crippen LogP) is 2.44. The van der Waals surface area contributed by atoms with Crippen LogP contribution in [-0.2, 0) is 14.8 Å². The van der Waals surface area contributed by atoms with Gasteiger partial charge in [0, 0.05) is 18.5 Å². The Labute approximate surface area is 186 Å². The number of anilines is 1. The predicted molar refractivity (Wildman–Crippen MR) is 120 cm³/mol. The summed E-state index contributed by atoms with van der Waals surface area (Å²) in [5.74, 6) is 0.0821. The SMILES string of the molecule is COc1ccc(N(CC(=O)N/N=C\c2ccncc2)S(=O)(=O)c2ccccc2)c(OC)c1. The van der Waals surface area contributed by atoms with Crippen molar-refractivity contribution < 1.29 is 22.7 Å². The van der Waals surface area contributed by atoms with E-state index < -0.39 is 22.5 Å². The van der Waals surface area contributed by atoms with E-state index in [-0.39, 0.29) is 16.3 Å². The molecule has 166 valence electrons. The molecule has 1 N–H and O–H groups in total. The highest BCUT2D eigenvalue weighted by atomic mass is 32.2. The highest BCUT2D eigenvalue weighted by Gasteiger charge is 2.29. The molecule has 0 unspecified atom stereocenters. The average Bonchev–Trinajstić information content (AvgIpc) is 2.83. The molecule has 1 heterocycles. The molecule has 0 spiro atoms. The first-order valence-electron chi connectivity index (χ1n) is 9.47. The van der Waals surface area contributed by atoms with Gasteiger partial charge < -0.3 is 9.47 Å². The lowest BCUT2D eigenvalue weighted by molar-refractivity contribution is -0.119. The minimum absolute atomic E-state index is 0.0333. The summed E-state index contributed by atoms with van der Waals surface area (Å²) in [7, 11) is -1.19. The Morgan fingerprint density at radius 1 is 1.06 bits per heavy atom. The fourth-order valence-corrected chi connectivity index (χ4v) is 4.26. The number of nitrogens with one attached hydrogen (secondary N) is 1. The van der Waals surface area contributed by atoms with Gasteiger partial charge in [-0.15, -0.1) is 0 Å². The Morgan fingerprint density at radius 3 is 2.44 bits per heavy atom. The number of hydrogen-bond acceptors (Lipinski definition) is 7. The summed E-state index contributed by atoms with van der Waals surface area (Å²) in [5.41, 5.74) is 3.27. The number of hydrazone groups is 1. The summed E-state index contributed by atoms with van der Waals surface area (Å²) in [6, 6.07) is 15.9. The first-order chi connectivity index (χ1) is 15.5. The largest absolute Gasteiger partial charge is 0.497 e. The monoisotopic (exact) mass is 454 g/mol. The number of hydrogen-bond donors (Lipinski definition) is 1. The summed E-state index contributed by atoms with van der Waals surface area (Å²) in [6.45, 7) is -0.520. The molecule has 0 fully saturated rings. The average molecular weight is 455 g/mol. The highest BCUT2D eigenvalue weighted by molar-refractivity contribution is 7.92. The molecule has 9 nitrogen and oxygen atoms in total. The van der Waals surface area contributed by atoms with E-state index in [0.29, 0.717) is 5.75 Å². The number of nitrogens with zero attached hydrogens (tertiary/aromatic N) is 3. The Balaban J connectivity index is 1.93. The van der Waals surface area contributed by atoms with Crippen LogP contribution in [0, 0.1) is 0 Å². The topological polar surface area (TPSA) is 110 Å². The first-order valence-corrected chi connectivity index (χ1v) is 10.9. The van der Waals surface area contributed by atoms with E-state index in [1.54, 1.807) is 54.9 Å². The van der Waals surface area contributed by atoms with Gasteiger partial charge in [0.2, 0.25) is 0 Å². The summed E-state index contributed by atoms with van der Waals surface area (Å²) in [6.07, 6.45) is 4.62. The van der Waals surface area contributed by atoms with Gasteiger partial charge in [0.05, 0.1) is 31.0 Å². The molecule has 0 aliphatic rings. The van der Waals surface area contributed by atoms with Crippen LogP contribution in [0.4, 0.5) is 5.69 Å². The molecule has 0 bridgehead atoms. The van der Waals surface area contributed by atoms with Crippen molar-refractivity contribution in [1.82, 2.24) is 10.4 Å². The van der Waals surface area contributed by atoms with Crippen LogP contribution in [-0.4, -0.2) is 46.3 Å². The maximum atomic E-state index is 13.4. The zero-order valence-electron chi connectivity index (χ0n) is 17.5. The Hall–Kier alpha value is -3.92. The standard InChI is InChI=1S/C22H22N4O5S/c1-30-18-8-9-20(21(14-18)31-2)26(32(28,29)19-6-4-3-5-7-19)16-22(27)25-24-15-17-10-12-23-13-11-17/h3-15H,16H2,1-2H3,(H,25,27)/b24-15-. The number of carbonyl (C=O) groups excluding carboxylic acids is 1. The van der Waals surface area contributed by atoms with Crippen molar-refractivity contribution in [2.24, 2.45) is 5.10 Å². The fraction of sp³-hybridized carbons (Fsp3) is 0.136. The lowest BCUT2D eigenvalue weighted by Gasteiger charge is -2.25. The maximum absolute atomic E-state index is 13.4. The molecule has 1 aromatic heterocycles. The van der Waals surface area contributed by atoms with Crippen LogP contribution < -0.4 is 19.2 Å². The smallest absolute Gasteiger partial charge is 0.264 e. The minimum Gasteiger partial charge on any atom is -0.497 e. The number of carbonyl (C=O) groups is 1. The zero-order valence-corrected chi connectivity index (χ0v) is 18.3. The van der Waals surface area contributed by atoms with Crippen LogP contribution in [0.2, 0.25) is 0 Å². The Morgan fingerprint density at radius 2 is 1.78 bits per heavy atom. The molecule has 32 heavy (non-hydrogen) atoms. The van der Waals surface area contributed by atoms with E-state index >= 15 is 0 Å². The molecular weight excluding hydrogens is 432 g/mol. The Kier molecular flexibility index (Phi) is 7.40. The second kappa shape index (κ2) is 10.4. The minimum atomic E-state index is -4.09. The third kappa shape index (κ3) is 5.41. The van der Waals surface area contributed by atoms with Crippen LogP contribution in [0.25, 0.3) is 0 Å². The molecule has 0 atom stereocenters. The number of rotatable bonds is 9. The van der Waals surface area contributed by atoms with E-state index in [1.165, 1.54) is 38.6 Å². The van der Waals surface area contributed by atoms with Crippen molar-refractivity contribution in [3.63, 3.8) is 0 Å². The number of ether oxygens (including phenoxy) is 2. The van der Waals surface area contributed by atoms with Crippen molar-refractivity contribution in [1.29, 1.82) is 0 Å². The maximum Gasteiger partial charge on any atom is 0.264 e. The molecule has 0 aliphatic carbocycles. The molecule has 3 aromatic rings. The van der Waals surface area contributed by atoms with Crippen molar-refractivity contribution >= 4 is 27.8 Å². The third-order valence-corrected chi connectivity index (χ3v) is 6.16. The quantitative estimate of drug-likeness (QED) is 0.393. The number of amides is 1. The van der Waals surface area contributed by atoms with Crippen LogP contribution >= 0.6 is 0 Å². The first kappa shape index (κ1) is 22.8. The van der Waals surface area contributed by atoms with Crippen molar-refractivity contribution in [2.45, 2.75) is 4.90 Å². The van der Waals surface area contributed by atoms with E-state index in [0.717, 1.165) is 9.87 Å². The molecule has 0 saturated carbocycles. The molecule has 3 rings (SSSR count). The molecule has 0 saturated heterocycles. The van der Waals surface area contributed by atoms with Gasteiger partial charge in [-0.25, -0.2) is 13.8 Å². The van der Waals surface area contributed by atoms with Gasteiger partial charge in [0.25, 0.3) is 15.9 Å². The van der Waals surface area contributed by atoms with E-state index in [9.17, 15) is 13.2 Å². The van der Waals surface area contributed by atoms with Crippen LogP contribution in [0.15, 0.2) is 83.1 Å². The number of aromatic nitrogens is 1. The van der Waals surface area contributed by atoms with Gasteiger partial charge in [0.15, 0.2) is 0 Å².